The Hall–Kier alpha value is -1.02. The van der Waals surface area contributed by atoms with E-state index in [2.05, 4.69) is 10.6 Å². The normalized spacial score (nSPS) is 23.0. The maximum absolute atomic E-state index is 12.3. The molecule has 0 aromatic heterocycles. The van der Waals surface area contributed by atoms with Gasteiger partial charge in [-0.1, -0.05) is 0 Å². The summed E-state index contributed by atoms with van der Waals surface area (Å²) < 4.78 is 36.9. The van der Waals surface area contributed by atoms with Crippen LogP contribution in [0, 0.1) is 5.92 Å². The van der Waals surface area contributed by atoms with Gasteiger partial charge in [-0.25, -0.2) is 0 Å². The average molecular weight is 344 g/mol. The van der Waals surface area contributed by atoms with Crippen LogP contribution in [-0.2, 0) is 9.59 Å². The maximum Gasteiger partial charge on any atom is 0.471 e. The summed E-state index contributed by atoms with van der Waals surface area (Å²) in [5, 5.41) is 5.93. The van der Waals surface area contributed by atoms with Crippen molar-refractivity contribution in [3.05, 3.63) is 0 Å². The fourth-order valence-corrected chi connectivity index (χ4v) is 2.80. The van der Waals surface area contributed by atoms with Gasteiger partial charge in [0.25, 0.3) is 0 Å². The number of hydrogen-bond donors (Lipinski definition) is 2. The first-order valence-corrected chi connectivity index (χ1v) is 7.25. The molecule has 2 N–H and O–H groups in total. The van der Waals surface area contributed by atoms with Gasteiger partial charge in [-0.2, -0.15) is 13.2 Å². The van der Waals surface area contributed by atoms with Crippen LogP contribution in [-0.4, -0.2) is 55.1 Å². The summed E-state index contributed by atoms with van der Waals surface area (Å²) in [6.45, 7) is 1.50. The number of carbonyl (C=O) groups excluding carboxylic acids is 2. The molecule has 0 aromatic rings. The first-order chi connectivity index (χ1) is 9.88. The van der Waals surface area contributed by atoms with Crippen LogP contribution in [0.5, 0.6) is 0 Å². The van der Waals surface area contributed by atoms with Crippen LogP contribution >= 0.6 is 12.4 Å². The number of alkyl halides is 3. The second-order valence-corrected chi connectivity index (χ2v) is 5.63. The molecule has 2 aliphatic heterocycles. The Kier molecular flexibility index (Phi) is 6.93. The van der Waals surface area contributed by atoms with E-state index in [1.165, 1.54) is 0 Å². The molecule has 22 heavy (non-hydrogen) atoms. The van der Waals surface area contributed by atoms with Crippen LogP contribution in [0.25, 0.3) is 0 Å². The summed E-state index contributed by atoms with van der Waals surface area (Å²) in [4.78, 5) is 23.7. The first-order valence-electron chi connectivity index (χ1n) is 7.25. The van der Waals surface area contributed by atoms with E-state index in [-0.39, 0.29) is 43.4 Å². The highest BCUT2D eigenvalue weighted by Gasteiger charge is 2.43. The topological polar surface area (TPSA) is 61.4 Å². The van der Waals surface area contributed by atoms with Crippen LogP contribution in [0.3, 0.4) is 0 Å². The Morgan fingerprint density at radius 1 is 1.18 bits per heavy atom. The molecule has 1 atom stereocenters. The molecule has 0 radical (unpaired) electrons. The summed E-state index contributed by atoms with van der Waals surface area (Å²) in [5.74, 6) is -1.67. The molecule has 0 bridgehead atoms. The minimum absolute atomic E-state index is 0. The SMILES string of the molecule is Cl.O=C(NCC1CCN(C(=O)C(F)(F)F)CC1)C1CCCN1. The number of hydrogen-bond acceptors (Lipinski definition) is 3. The Labute approximate surface area is 133 Å². The Balaban J connectivity index is 0.00000242. The van der Waals surface area contributed by atoms with E-state index in [1.54, 1.807) is 0 Å². The molecule has 0 saturated carbocycles. The van der Waals surface area contributed by atoms with Gasteiger partial charge in [-0.3, -0.25) is 9.59 Å². The van der Waals surface area contributed by atoms with Crippen LogP contribution in [0.2, 0.25) is 0 Å². The molecular weight excluding hydrogens is 323 g/mol. The summed E-state index contributed by atoms with van der Waals surface area (Å²) in [6, 6.07) is -0.142. The van der Waals surface area contributed by atoms with Crippen molar-refractivity contribution in [1.82, 2.24) is 15.5 Å². The van der Waals surface area contributed by atoms with Crippen molar-refractivity contribution < 1.29 is 22.8 Å². The van der Waals surface area contributed by atoms with Crippen molar-refractivity contribution in [1.29, 1.82) is 0 Å². The number of nitrogens with one attached hydrogen (secondary N) is 2. The predicted molar refractivity (Wildman–Crippen MR) is 76.6 cm³/mol. The number of likely N-dealkylation sites (tertiary alicyclic amines) is 1. The highest BCUT2D eigenvalue weighted by atomic mass is 35.5. The van der Waals surface area contributed by atoms with E-state index in [0.717, 1.165) is 24.3 Å². The molecule has 2 heterocycles. The molecule has 128 valence electrons. The van der Waals surface area contributed by atoms with Crippen LogP contribution < -0.4 is 10.6 Å². The molecule has 5 nitrogen and oxygen atoms in total. The second-order valence-electron chi connectivity index (χ2n) is 5.63. The van der Waals surface area contributed by atoms with Crippen molar-refractivity contribution in [2.45, 2.75) is 37.9 Å². The predicted octanol–water partition coefficient (Wildman–Crippen LogP) is 1.08. The third-order valence-corrected chi connectivity index (χ3v) is 4.09. The number of halogens is 4. The Morgan fingerprint density at radius 3 is 2.32 bits per heavy atom. The lowest BCUT2D eigenvalue weighted by atomic mass is 9.96. The number of piperidine rings is 1. The van der Waals surface area contributed by atoms with Crippen LogP contribution in [0.15, 0.2) is 0 Å². The van der Waals surface area contributed by atoms with E-state index in [4.69, 9.17) is 0 Å². The highest BCUT2D eigenvalue weighted by molar-refractivity contribution is 5.85. The monoisotopic (exact) mass is 343 g/mol. The number of carbonyl (C=O) groups is 2. The highest BCUT2D eigenvalue weighted by Crippen LogP contribution is 2.23. The van der Waals surface area contributed by atoms with E-state index in [9.17, 15) is 22.8 Å². The van der Waals surface area contributed by atoms with E-state index >= 15 is 0 Å². The number of nitrogens with zero attached hydrogens (tertiary/aromatic N) is 1. The van der Waals surface area contributed by atoms with Gasteiger partial charge < -0.3 is 15.5 Å². The third-order valence-electron chi connectivity index (χ3n) is 4.09. The minimum atomic E-state index is -4.80. The van der Waals surface area contributed by atoms with E-state index in [0.29, 0.717) is 19.4 Å². The molecule has 0 aliphatic carbocycles. The lowest BCUT2D eigenvalue weighted by Crippen LogP contribution is -2.48. The van der Waals surface area contributed by atoms with Gasteiger partial charge in [0.05, 0.1) is 6.04 Å². The van der Waals surface area contributed by atoms with E-state index < -0.39 is 12.1 Å². The van der Waals surface area contributed by atoms with Crippen molar-refractivity contribution in [3.63, 3.8) is 0 Å². The molecule has 0 aromatic carbocycles. The summed E-state index contributed by atoms with van der Waals surface area (Å²) in [7, 11) is 0. The van der Waals surface area contributed by atoms with Gasteiger partial charge >= 0.3 is 12.1 Å². The van der Waals surface area contributed by atoms with Gasteiger partial charge in [0.1, 0.15) is 0 Å². The maximum atomic E-state index is 12.3. The molecule has 1 unspecified atom stereocenters. The summed E-state index contributed by atoms with van der Waals surface area (Å²) in [5.41, 5.74) is 0. The Morgan fingerprint density at radius 2 is 1.82 bits per heavy atom. The van der Waals surface area contributed by atoms with Crippen molar-refractivity contribution in [2.75, 3.05) is 26.2 Å². The lowest BCUT2D eigenvalue weighted by molar-refractivity contribution is -0.186. The van der Waals surface area contributed by atoms with Gasteiger partial charge in [-0.15, -0.1) is 12.4 Å². The first kappa shape index (κ1) is 19.0. The standard InChI is InChI=1S/C13H20F3N3O2.ClH/c14-13(15,16)12(21)19-6-3-9(4-7-19)8-18-11(20)10-2-1-5-17-10;/h9-10,17H,1-8H2,(H,18,20);1H. The van der Waals surface area contributed by atoms with Crippen molar-refractivity contribution in [2.24, 2.45) is 5.92 Å². The van der Waals surface area contributed by atoms with Crippen molar-refractivity contribution in [3.8, 4) is 0 Å². The average Bonchev–Trinajstić information content (AvgIpc) is 2.98. The molecular formula is C13H21ClF3N3O2. The zero-order chi connectivity index (χ0) is 15.5. The molecule has 0 spiro atoms. The third kappa shape index (κ3) is 5.01. The molecule has 2 amide bonds. The van der Waals surface area contributed by atoms with Gasteiger partial charge in [0.15, 0.2) is 0 Å². The van der Waals surface area contributed by atoms with E-state index in [1.807, 2.05) is 0 Å². The smallest absolute Gasteiger partial charge is 0.354 e. The zero-order valence-corrected chi connectivity index (χ0v) is 12.9. The summed E-state index contributed by atoms with van der Waals surface area (Å²) >= 11 is 0. The molecule has 2 saturated heterocycles. The van der Waals surface area contributed by atoms with Gasteiger partial charge in [-0.05, 0) is 38.1 Å². The molecule has 2 aliphatic rings. The summed E-state index contributed by atoms with van der Waals surface area (Å²) in [6.07, 6.45) is -2.02. The molecule has 2 rings (SSSR count). The quantitative estimate of drug-likeness (QED) is 0.806. The zero-order valence-electron chi connectivity index (χ0n) is 12.1. The van der Waals surface area contributed by atoms with Crippen LogP contribution in [0.1, 0.15) is 25.7 Å². The largest absolute Gasteiger partial charge is 0.471 e. The lowest BCUT2D eigenvalue weighted by Gasteiger charge is -2.32. The van der Waals surface area contributed by atoms with Gasteiger partial charge in [0.2, 0.25) is 5.91 Å². The number of amides is 2. The Bertz CT molecular complexity index is 392. The van der Waals surface area contributed by atoms with Gasteiger partial charge in [0, 0.05) is 19.6 Å². The van der Waals surface area contributed by atoms with Crippen molar-refractivity contribution >= 4 is 24.2 Å². The number of rotatable bonds is 3. The van der Waals surface area contributed by atoms with Crippen LogP contribution in [0.4, 0.5) is 13.2 Å². The molecule has 2 fully saturated rings. The fraction of sp³-hybridized carbons (Fsp3) is 0.846. The molecule has 9 heteroatoms. The second kappa shape index (κ2) is 8.01. The fourth-order valence-electron chi connectivity index (χ4n) is 2.80. The minimum Gasteiger partial charge on any atom is -0.354 e.